The molecule has 0 radical (unpaired) electrons. The average Bonchev–Trinajstić information content (AvgIpc) is 2.53. The molecule has 2 aromatic heterocycles. The summed E-state index contributed by atoms with van der Waals surface area (Å²) in [5, 5.41) is 10.1. The van der Waals surface area contributed by atoms with Gasteiger partial charge in [-0.3, -0.25) is 0 Å². The molecular weight excluding hydrogens is 252 g/mol. The molecule has 0 fully saturated rings. The van der Waals surface area contributed by atoms with Crippen LogP contribution in [-0.4, -0.2) is 15.1 Å². The molecule has 0 unspecified atom stereocenters. The lowest BCUT2D eigenvalue weighted by Gasteiger charge is -2.06. The summed E-state index contributed by atoms with van der Waals surface area (Å²) in [4.78, 5) is 8.65. The molecule has 0 aliphatic carbocycles. The number of pyridine rings is 2. The lowest BCUT2D eigenvalue weighted by Crippen LogP contribution is -2.00. The average molecular weight is 266 g/mol. The molecule has 2 heterocycles. The van der Waals surface area contributed by atoms with Crippen molar-refractivity contribution in [2.24, 2.45) is 0 Å². The van der Waals surface area contributed by atoms with E-state index < -0.39 is 0 Å². The van der Waals surface area contributed by atoms with Crippen LogP contribution in [0.25, 0.3) is 10.9 Å². The number of rotatable bonds is 4. The smallest absolute Gasteiger partial charge is 0.213 e. The Labute approximate surface area is 116 Å². The summed E-state index contributed by atoms with van der Waals surface area (Å²) in [7, 11) is 0. The van der Waals surface area contributed by atoms with Crippen LogP contribution in [-0.2, 0) is 13.2 Å². The molecule has 100 valence electrons. The summed E-state index contributed by atoms with van der Waals surface area (Å²) in [6.07, 6.45) is 1.60. The van der Waals surface area contributed by atoms with Crippen molar-refractivity contribution in [3.05, 3.63) is 66.0 Å². The third-order valence-corrected chi connectivity index (χ3v) is 3.00. The van der Waals surface area contributed by atoms with Gasteiger partial charge in [0, 0.05) is 17.6 Å². The van der Waals surface area contributed by atoms with Gasteiger partial charge in [0.15, 0.2) is 0 Å². The maximum atomic E-state index is 8.95. The zero-order valence-corrected chi connectivity index (χ0v) is 10.9. The normalized spacial score (nSPS) is 10.7. The third-order valence-electron chi connectivity index (χ3n) is 3.00. The molecule has 1 aromatic carbocycles. The second-order valence-electron chi connectivity index (χ2n) is 4.45. The van der Waals surface area contributed by atoms with Crippen molar-refractivity contribution in [2.75, 3.05) is 0 Å². The van der Waals surface area contributed by atoms with Gasteiger partial charge in [-0.2, -0.15) is 0 Å². The highest BCUT2D eigenvalue weighted by atomic mass is 16.5. The van der Waals surface area contributed by atoms with E-state index >= 15 is 0 Å². The van der Waals surface area contributed by atoms with E-state index in [9.17, 15) is 0 Å². The van der Waals surface area contributed by atoms with Crippen LogP contribution in [0.15, 0.2) is 54.7 Å². The molecule has 0 aliphatic rings. The molecule has 3 aromatic rings. The second kappa shape index (κ2) is 5.67. The quantitative estimate of drug-likeness (QED) is 0.788. The van der Waals surface area contributed by atoms with Crippen LogP contribution in [0.4, 0.5) is 0 Å². The van der Waals surface area contributed by atoms with E-state index in [0.29, 0.717) is 12.5 Å². The predicted octanol–water partition coefficient (Wildman–Crippen LogP) is 2.70. The van der Waals surface area contributed by atoms with Crippen LogP contribution in [0, 0.1) is 0 Å². The third kappa shape index (κ3) is 2.75. The standard InChI is InChI=1S/C16H14N2O2/c19-10-12-5-8-16(17-9-12)20-11-14-7-6-13-3-1-2-4-15(13)18-14/h1-9,19H,10-11H2. The lowest BCUT2D eigenvalue weighted by molar-refractivity contribution is 0.277. The van der Waals surface area contributed by atoms with Crippen molar-refractivity contribution < 1.29 is 9.84 Å². The van der Waals surface area contributed by atoms with E-state index in [1.807, 2.05) is 36.4 Å². The Morgan fingerprint density at radius 2 is 1.90 bits per heavy atom. The van der Waals surface area contributed by atoms with E-state index in [4.69, 9.17) is 9.84 Å². The van der Waals surface area contributed by atoms with E-state index in [1.54, 1.807) is 18.3 Å². The number of aliphatic hydroxyl groups is 1. The minimum absolute atomic E-state index is 0.0144. The minimum atomic E-state index is -0.0144. The highest BCUT2D eigenvalue weighted by molar-refractivity contribution is 5.78. The number of nitrogens with zero attached hydrogens (tertiary/aromatic N) is 2. The first-order chi connectivity index (χ1) is 9.85. The number of hydrogen-bond donors (Lipinski definition) is 1. The monoisotopic (exact) mass is 266 g/mol. The molecule has 0 atom stereocenters. The van der Waals surface area contributed by atoms with E-state index in [1.165, 1.54) is 0 Å². The number of ether oxygens (including phenoxy) is 1. The highest BCUT2D eigenvalue weighted by Crippen LogP contribution is 2.14. The van der Waals surface area contributed by atoms with E-state index in [2.05, 4.69) is 9.97 Å². The number of hydrogen-bond acceptors (Lipinski definition) is 4. The first kappa shape index (κ1) is 12.6. The molecule has 0 spiro atoms. The van der Waals surface area contributed by atoms with Crippen LogP contribution in [0.5, 0.6) is 5.88 Å². The van der Waals surface area contributed by atoms with Gasteiger partial charge in [0.2, 0.25) is 5.88 Å². The van der Waals surface area contributed by atoms with Gasteiger partial charge < -0.3 is 9.84 Å². The fraction of sp³-hybridized carbons (Fsp3) is 0.125. The molecule has 20 heavy (non-hydrogen) atoms. The van der Waals surface area contributed by atoms with Gasteiger partial charge in [0.25, 0.3) is 0 Å². The van der Waals surface area contributed by atoms with Crippen molar-refractivity contribution >= 4 is 10.9 Å². The van der Waals surface area contributed by atoms with Crippen LogP contribution >= 0.6 is 0 Å². The molecule has 4 nitrogen and oxygen atoms in total. The maximum Gasteiger partial charge on any atom is 0.213 e. The van der Waals surface area contributed by atoms with Gasteiger partial charge in [0.05, 0.1) is 17.8 Å². The van der Waals surface area contributed by atoms with Crippen LogP contribution in [0.1, 0.15) is 11.3 Å². The first-order valence-corrected chi connectivity index (χ1v) is 6.38. The molecule has 0 saturated heterocycles. The van der Waals surface area contributed by atoms with Crippen molar-refractivity contribution in [3.8, 4) is 5.88 Å². The predicted molar refractivity (Wildman–Crippen MR) is 76.2 cm³/mol. The number of aliphatic hydroxyl groups excluding tert-OH is 1. The van der Waals surface area contributed by atoms with Gasteiger partial charge >= 0.3 is 0 Å². The molecule has 0 bridgehead atoms. The topological polar surface area (TPSA) is 55.2 Å². The van der Waals surface area contributed by atoms with Gasteiger partial charge in [-0.15, -0.1) is 0 Å². The molecule has 1 N–H and O–H groups in total. The summed E-state index contributed by atoms with van der Waals surface area (Å²) in [6, 6.07) is 15.5. The second-order valence-corrected chi connectivity index (χ2v) is 4.45. The number of aromatic nitrogens is 2. The maximum absolute atomic E-state index is 8.95. The van der Waals surface area contributed by atoms with Crippen LogP contribution < -0.4 is 4.74 Å². The zero-order valence-electron chi connectivity index (χ0n) is 10.9. The zero-order chi connectivity index (χ0) is 13.8. The van der Waals surface area contributed by atoms with Crippen molar-refractivity contribution in [3.63, 3.8) is 0 Å². The van der Waals surface area contributed by atoms with Gasteiger partial charge in [-0.05, 0) is 23.8 Å². The Hall–Kier alpha value is -2.46. The molecule has 0 aliphatic heterocycles. The Kier molecular flexibility index (Phi) is 3.56. The van der Waals surface area contributed by atoms with E-state index in [-0.39, 0.29) is 6.61 Å². The highest BCUT2D eigenvalue weighted by Gasteiger charge is 2.01. The minimum Gasteiger partial charge on any atom is -0.471 e. The van der Waals surface area contributed by atoms with Gasteiger partial charge in [0.1, 0.15) is 6.61 Å². The molecule has 4 heteroatoms. The number of fused-ring (bicyclic) bond motifs is 1. The van der Waals surface area contributed by atoms with Crippen molar-refractivity contribution in [2.45, 2.75) is 13.2 Å². The van der Waals surface area contributed by atoms with Crippen LogP contribution in [0.2, 0.25) is 0 Å². The van der Waals surface area contributed by atoms with Gasteiger partial charge in [-0.25, -0.2) is 9.97 Å². The Morgan fingerprint density at radius 3 is 2.70 bits per heavy atom. The fourth-order valence-corrected chi connectivity index (χ4v) is 1.93. The van der Waals surface area contributed by atoms with Crippen molar-refractivity contribution in [1.82, 2.24) is 9.97 Å². The Bertz CT molecular complexity index is 711. The Balaban J connectivity index is 1.72. The van der Waals surface area contributed by atoms with Crippen molar-refractivity contribution in [1.29, 1.82) is 0 Å². The summed E-state index contributed by atoms with van der Waals surface area (Å²) in [5.41, 5.74) is 2.58. The van der Waals surface area contributed by atoms with E-state index in [0.717, 1.165) is 22.2 Å². The molecule has 0 amide bonds. The van der Waals surface area contributed by atoms with Gasteiger partial charge in [-0.1, -0.05) is 24.3 Å². The first-order valence-electron chi connectivity index (χ1n) is 6.38. The SMILES string of the molecule is OCc1ccc(OCc2ccc3ccccc3n2)nc1. The summed E-state index contributed by atoms with van der Waals surface area (Å²) < 4.78 is 5.59. The largest absolute Gasteiger partial charge is 0.471 e. The number of benzene rings is 1. The Morgan fingerprint density at radius 1 is 1.00 bits per heavy atom. The summed E-state index contributed by atoms with van der Waals surface area (Å²) >= 11 is 0. The molecule has 0 saturated carbocycles. The lowest BCUT2D eigenvalue weighted by atomic mass is 10.2. The summed E-state index contributed by atoms with van der Waals surface area (Å²) in [6.45, 7) is 0.357. The fourth-order valence-electron chi connectivity index (χ4n) is 1.93. The number of para-hydroxylation sites is 1. The molecular formula is C16H14N2O2. The summed E-state index contributed by atoms with van der Waals surface area (Å²) in [5.74, 6) is 0.525. The van der Waals surface area contributed by atoms with Crippen LogP contribution in [0.3, 0.4) is 0 Å². The molecule has 3 rings (SSSR count).